The minimum atomic E-state index is -0.823. The minimum Gasteiger partial charge on any atom is -0.480 e. The lowest BCUT2D eigenvalue weighted by atomic mass is 10.2. The monoisotopic (exact) mass is 320 g/mol. The lowest BCUT2D eigenvalue weighted by molar-refractivity contribution is -0.143. The van der Waals surface area contributed by atoms with Gasteiger partial charge in [-0.1, -0.05) is 12.1 Å². The first-order valence-corrected chi connectivity index (χ1v) is 8.12. The average molecular weight is 320 g/mol. The van der Waals surface area contributed by atoms with Gasteiger partial charge in [0.15, 0.2) is 0 Å². The van der Waals surface area contributed by atoms with Crippen LogP contribution in [0.3, 0.4) is 0 Å². The molecule has 1 aliphatic carbocycles. The standard InChI is InChI=1S/C16H17FN2O2S/c1-10(16(20)21)19(12-6-7-12)8-11-9-22-15(18-11)13-4-2-3-5-14(13)17/h2-5,9-10,12H,6-8H2,1H3,(H,20,21). The number of carbonyl (C=O) groups is 1. The number of thiazole rings is 1. The van der Waals surface area contributed by atoms with Crippen molar-refractivity contribution < 1.29 is 14.3 Å². The van der Waals surface area contributed by atoms with E-state index in [4.69, 9.17) is 0 Å². The van der Waals surface area contributed by atoms with Crippen LogP contribution >= 0.6 is 11.3 Å². The molecule has 1 aromatic carbocycles. The minimum absolute atomic E-state index is 0.290. The van der Waals surface area contributed by atoms with Crippen LogP contribution in [0, 0.1) is 5.82 Å². The number of carboxylic acid groups (broad SMARTS) is 1. The maximum absolute atomic E-state index is 13.8. The van der Waals surface area contributed by atoms with Crippen molar-refractivity contribution in [3.63, 3.8) is 0 Å². The molecule has 6 heteroatoms. The number of aromatic nitrogens is 1. The Balaban J connectivity index is 1.79. The Bertz CT molecular complexity index is 684. The van der Waals surface area contributed by atoms with Crippen LogP contribution in [0.4, 0.5) is 4.39 Å². The van der Waals surface area contributed by atoms with Crippen molar-refractivity contribution in [2.24, 2.45) is 0 Å². The van der Waals surface area contributed by atoms with Gasteiger partial charge in [0, 0.05) is 23.5 Å². The van der Waals surface area contributed by atoms with E-state index >= 15 is 0 Å². The molecule has 1 aromatic heterocycles. The fourth-order valence-electron chi connectivity index (χ4n) is 2.46. The molecule has 3 rings (SSSR count). The first kappa shape index (κ1) is 15.1. The number of aliphatic carboxylic acids is 1. The Kier molecular flexibility index (Phi) is 4.22. The Morgan fingerprint density at radius 1 is 1.50 bits per heavy atom. The van der Waals surface area contributed by atoms with Crippen molar-refractivity contribution in [2.75, 3.05) is 0 Å². The average Bonchev–Trinajstić information content (AvgIpc) is 3.23. The molecule has 0 spiro atoms. The predicted molar refractivity (Wildman–Crippen MR) is 83.2 cm³/mol. The summed E-state index contributed by atoms with van der Waals surface area (Å²) in [4.78, 5) is 17.7. The molecule has 116 valence electrons. The van der Waals surface area contributed by atoms with Crippen molar-refractivity contribution >= 4 is 17.3 Å². The summed E-state index contributed by atoms with van der Waals surface area (Å²) < 4.78 is 13.8. The van der Waals surface area contributed by atoms with Crippen LogP contribution in [0.15, 0.2) is 29.6 Å². The molecule has 4 nitrogen and oxygen atoms in total. The van der Waals surface area contributed by atoms with Crippen molar-refractivity contribution in [3.05, 3.63) is 41.2 Å². The van der Waals surface area contributed by atoms with Gasteiger partial charge >= 0.3 is 5.97 Å². The highest BCUT2D eigenvalue weighted by Gasteiger charge is 2.35. The van der Waals surface area contributed by atoms with E-state index in [0.717, 1.165) is 18.5 Å². The molecular formula is C16H17FN2O2S. The molecule has 1 heterocycles. The number of carboxylic acids is 1. The lowest BCUT2D eigenvalue weighted by Gasteiger charge is -2.25. The first-order valence-electron chi connectivity index (χ1n) is 7.24. The number of rotatable bonds is 6. The molecule has 0 saturated heterocycles. The largest absolute Gasteiger partial charge is 0.480 e. The second-order valence-electron chi connectivity index (χ2n) is 5.54. The van der Waals surface area contributed by atoms with E-state index < -0.39 is 12.0 Å². The van der Waals surface area contributed by atoms with Crippen LogP contribution < -0.4 is 0 Å². The Morgan fingerprint density at radius 3 is 2.86 bits per heavy atom. The number of halogens is 1. The smallest absolute Gasteiger partial charge is 0.320 e. The Hall–Kier alpha value is -1.79. The highest BCUT2D eigenvalue weighted by molar-refractivity contribution is 7.13. The zero-order valence-corrected chi connectivity index (χ0v) is 13.0. The highest BCUT2D eigenvalue weighted by atomic mass is 32.1. The second-order valence-corrected chi connectivity index (χ2v) is 6.40. The molecule has 1 aliphatic rings. The van der Waals surface area contributed by atoms with Crippen LogP contribution in [0.25, 0.3) is 10.6 Å². The molecule has 0 aliphatic heterocycles. The third-order valence-electron chi connectivity index (χ3n) is 3.87. The van der Waals surface area contributed by atoms with Gasteiger partial charge in [0.2, 0.25) is 0 Å². The summed E-state index contributed by atoms with van der Waals surface area (Å²) in [6.07, 6.45) is 2.06. The predicted octanol–water partition coefficient (Wildman–Crippen LogP) is 3.39. The van der Waals surface area contributed by atoms with Crippen molar-refractivity contribution in [3.8, 4) is 10.6 Å². The van der Waals surface area contributed by atoms with Crippen molar-refractivity contribution in [1.82, 2.24) is 9.88 Å². The van der Waals surface area contributed by atoms with Crippen LogP contribution in [-0.2, 0) is 11.3 Å². The fraction of sp³-hybridized carbons (Fsp3) is 0.375. The third-order valence-corrected chi connectivity index (χ3v) is 4.80. The summed E-state index contributed by atoms with van der Waals surface area (Å²) in [6, 6.07) is 6.34. The molecule has 0 amide bonds. The summed E-state index contributed by atoms with van der Waals surface area (Å²) >= 11 is 1.39. The van der Waals surface area contributed by atoms with Crippen LogP contribution in [0.5, 0.6) is 0 Å². The number of hydrogen-bond donors (Lipinski definition) is 1. The van der Waals surface area contributed by atoms with Crippen LogP contribution in [0.2, 0.25) is 0 Å². The van der Waals surface area contributed by atoms with E-state index in [-0.39, 0.29) is 5.82 Å². The lowest BCUT2D eigenvalue weighted by Crippen LogP contribution is -2.40. The molecule has 1 N–H and O–H groups in total. The second kappa shape index (κ2) is 6.14. The summed E-state index contributed by atoms with van der Waals surface area (Å²) in [6.45, 7) is 2.19. The quantitative estimate of drug-likeness (QED) is 0.886. The third kappa shape index (κ3) is 3.18. The molecule has 1 saturated carbocycles. The topological polar surface area (TPSA) is 53.4 Å². The maximum Gasteiger partial charge on any atom is 0.320 e. The highest BCUT2D eigenvalue weighted by Crippen LogP contribution is 2.32. The Morgan fingerprint density at radius 2 is 2.23 bits per heavy atom. The van der Waals surface area contributed by atoms with Gasteiger partial charge in [-0.15, -0.1) is 11.3 Å². The summed E-state index contributed by atoms with van der Waals surface area (Å²) in [7, 11) is 0. The Labute approximate surface area is 132 Å². The van der Waals surface area contributed by atoms with Gasteiger partial charge in [-0.25, -0.2) is 9.37 Å². The molecular weight excluding hydrogens is 303 g/mol. The summed E-state index contributed by atoms with van der Waals surface area (Å²) in [5.41, 5.74) is 1.28. The van der Waals surface area contributed by atoms with E-state index in [1.807, 2.05) is 10.3 Å². The van der Waals surface area contributed by atoms with E-state index in [1.165, 1.54) is 17.4 Å². The maximum atomic E-state index is 13.8. The fourth-order valence-corrected chi connectivity index (χ4v) is 3.29. The molecule has 0 bridgehead atoms. The molecule has 1 unspecified atom stereocenters. The van der Waals surface area contributed by atoms with Gasteiger partial charge in [-0.05, 0) is 31.9 Å². The normalized spacial score (nSPS) is 16.0. The molecule has 1 atom stereocenters. The van der Waals surface area contributed by atoms with Crippen LogP contribution in [0.1, 0.15) is 25.5 Å². The van der Waals surface area contributed by atoms with Gasteiger partial charge in [0.05, 0.1) is 5.69 Å². The van der Waals surface area contributed by atoms with Gasteiger partial charge in [-0.3, -0.25) is 9.69 Å². The van der Waals surface area contributed by atoms with E-state index in [1.54, 1.807) is 25.1 Å². The number of nitrogens with zero attached hydrogens (tertiary/aromatic N) is 2. The zero-order chi connectivity index (χ0) is 15.7. The van der Waals surface area contributed by atoms with Crippen molar-refractivity contribution in [1.29, 1.82) is 0 Å². The SMILES string of the molecule is CC(C(=O)O)N(Cc1csc(-c2ccccc2F)n1)C1CC1. The van der Waals surface area contributed by atoms with Gasteiger partial charge in [-0.2, -0.15) is 0 Å². The van der Waals surface area contributed by atoms with Crippen LogP contribution in [-0.4, -0.2) is 33.0 Å². The molecule has 2 aromatic rings. The zero-order valence-electron chi connectivity index (χ0n) is 12.2. The van der Waals surface area contributed by atoms with E-state index in [9.17, 15) is 14.3 Å². The van der Waals surface area contributed by atoms with Gasteiger partial charge in [0.25, 0.3) is 0 Å². The molecule has 22 heavy (non-hydrogen) atoms. The summed E-state index contributed by atoms with van der Waals surface area (Å²) in [5.74, 6) is -1.11. The number of benzene rings is 1. The van der Waals surface area contributed by atoms with Gasteiger partial charge in [0.1, 0.15) is 16.9 Å². The van der Waals surface area contributed by atoms with Gasteiger partial charge < -0.3 is 5.11 Å². The van der Waals surface area contributed by atoms with Crippen molar-refractivity contribution in [2.45, 2.75) is 38.4 Å². The number of hydrogen-bond acceptors (Lipinski definition) is 4. The summed E-state index contributed by atoms with van der Waals surface area (Å²) in [5, 5.41) is 11.7. The first-order chi connectivity index (χ1) is 10.6. The molecule has 1 fully saturated rings. The van der Waals surface area contributed by atoms with E-state index in [0.29, 0.717) is 23.2 Å². The van der Waals surface area contributed by atoms with E-state index in [2.05, 4.69) is 4.98 Å². The molecule has 0 radical (unpaired) electrons.